The summed E-state index contributed by atoms with van der Waals surface area (Å²) in [6, 6.07) is 6.28. The fraction of sp³-hybridized carbons (Fsp3) is 0.682. The largest absolute Gasteiger partial charge is 0.355 e. The number of nitrogens with zero attached hydrogens (tertiary/aromatic N) is 1. The number of likely N-dealkylation sites (tertiary alicyclic amines) is 1. The predicted molar refractivity (Wildman–Crippen MR) is 104 cm³/mol. The Morgan fingerprint density at radius 1 is 1.33 bits per heavy atom. The van der Waals surface area contributed by atoms with Crippen LogP contribution in [-0.4, -0.2) is 43.2 Å². The lowest BCUT2D eigenvalue weighted by molar-refractivity contribution is -0.124. The lowest BCUT2D eigenvalue weighted by Gasteiger charge is -2.36. The molecular weight excluding hydrogens is 346 g/mol. The van der Waals surface area contributed by atoms with Crippen molar-refractivity contribution < 1.29 is 13.6 Å². The first-order valence-electron chi connectivity index (χ1n) is 10.1. The van der Waals surface area contributed by atoms with Crippen LogP contribution >= 0.6 is 0 Å². The SMILES string of the molecule is CC(C)(C)CCN1CCC(CNC(=O)C2(c3cccc(F)c3)CC2)C(F)C1. The minimum atomic E-state index is -0.914. The van der Waals surface area contributed by atoms with E-state index in [0.717, 1.165) is 44.3 Å². The zero-order chi connectivity index (χ0) is 19.7. The molecule has 1 heterocycles. The zero-order valence-electron chi connectivity index (χ0n) is 16.7. The molecule has 150 valence electrons. The van der Waals surface area contributed by atoms with Crippen LogP contribution in [0.3, 0.4) is 0 Å². The number of halogens is 2. The number of carbonyl (C=O) groups is 1. The molecule has 0 bridgehead atoms. The summed E-state index contributed by atoms with van der Waals surface area (Å²) in [6.45, 7) is 9.23. The Kier molecular flexibility index (Phi) is 5.90. The fourth-order valence-electron chi connectivity index (χ4n) is 3.89. The van der Waals surface area contributed by atoms with Crippen molar-refractivity contribution in [2.75, 3.05) is 26.2 Å². The first-order chi connectivity index (χ1) is 12.7. The summed E-state index contributed by atoms with van der Waals surface area (Å²) in [6.07, 6.45) is 2.36. The van der Waals surface area contributed by atoms with Gasteiger partial charge in [0.25, 0.3) is 0 Å². The molecule has 1 amide bonds. The van der Waals surface area contributed by atoms with Crippen molar-refractivity contribution in [3.05, 3.63) is 35.6 Å². The van der Waals surface area contributed by atoms with Crippen LogP contribution in [0.4, 0.5) is 8.78 Å². The molecule has 1 aliphatic heterocycles. The molecule has 2 unspecified atom stereocenters. The standard InChI is InChI=1S/C22H32F2N2O/c1-21(2,3)10-12-26-11-7-16(19(24)15-26)14-25-20(27)22(8-9-22)17-5-4-6-18(23)13-17/h4-6,13,16,19H,7-12,14-15H2,1-3H3,(H,25,27). The third-order valence-electron chi connectivity index (χ3n) is 6.02. The van der Waals surface area contributed by atoms with Gasteiger partial charge in [-0.25, -0.2) is 8.78 Å². The first kappa shape index (κ1) is 20.2. The Labute approximate surface area is 161 Å². The second-order valence-corrected chi connectivity index (χ2v) is 9.48. The van der Waals surface area contributed by atoms with Gasteiger partial charge < -0.3 is 10.2 Å². The van der Waals surface area contributed by atoms with Gasteiger partial charge in [0.2, 0.25) is 5.91 Å². The molecule has 5 heteroatoms. The molecular formula is C22H32F2N2O. The molecule has 27 heavy (non-hydrogen) atoms. The van der Waals surface area contributed by atoms with Crippen LogP contribution in [-0.2, 0) is 10.2 Å². The number of benzene rings is 1. The second-order valence-electron chi connectivity index (χ2n) is 9.48. The summed E-state index contributed by atoms with van der Waals surface area (Å²) < 4.78 is 28.1. The van der Waals surface area contributed by atoms with Crippen LogP contribution in [0.25, 0.3) is 0 Å². The molecule has 2 atom stereocenters. The Balaban J connectivity index is 1.49. The minimum Gasteiger partial charge on any atom is -0.355 e. The fourth-order valence-corrected chi connectivity index (χ4v) is 3.89. The molecule has 0 aromatic heterocycles. The minimum absolute atomic E-state index is 0.0875. The summed E-state index contributed by atoms with van der Waals surface area (Å²) in [7, 11) is 0. The van der Waals surface area contributed by atoms with E-state index in [1.807, 2.05) is 0 Å². The van der Waals surface area contributed by atoms with Gasteiger partial charge in [-0.15, -0.1) is 0 Å². The molecule has 1 aliphatic carbocycles. The van der Waals surface area contributed by atoms with E-state index in [1.165, 1.54) is 12.1 Å². The molecule has 1 saturated carbocycles. The molecule has 1 saturated heterocycles. The van der Waals surface area contributed by atoms with E-state index in [9.17, 15) is 13.6 Å². The summed E-state index contributed by atoms with van der Waals surface area (Å²) in [5.74, 6) is -0.545. The lowest BCUT2D eigenvalue weighted by Crippen LogP contribution is -2.47. The highest BCUT2D eigenvalue weighted by Gasteiger charge is 2.51. The molecule has 2 aliphatic rings. The second kappa shape index (κ2) is 7.86. The van der Waals surface area contributed by atoms with Crippen molar-refractivity contribution in [2.24, 2.45) is 11.3 Å². The Morgan fingerprint density at radius 3 is 2.67 bits per heavy atom. The molecule has 3 rings (SSSR count). The van der Waals surface area contributed by atoms with Crippen molar-refractivity contribution in [3.63, 3.8) is 0 Å². The van der Waals surface area contributed by atoms with E-state index in [1.54, 1.807) is 12.1 Å². The maximum absolute atomic E-state index is 14.6. The van der Waals surface area contributed by atoms with Gasteiger partial charge in [0.1, 0.15) is 12.0 Å². The van der Waals surface area contributed by atoms with E-state index in [2.05, 4.69) is 31.0 Å². The lowest BCUT2D eigenvalue weighted by atomic mass is 9.90. The summed E-state index contributed by atoms with van der Waals surface area (Å²) in [5.41, 5.74) is 0.377. The Morgan fingerprint density at radius 2 is 2.07 bits per heavy atom. The summed E-state index contributed by atoms with van der Waals surface area (Å²) in [5, 5.41) is 2.95. The van der Waals surface area contributed by atoms with Gasteiger partial charge in [-0.2, -0.15) is 0 Å². The van der Waals surface area contributed by atoms with Gasteiger partial charge in [0.15, 0.2) is 0 Å². The van der Waals surface area contributed by atoms with E-state index in [4.69, 9.17) is 0 Å². The molecule has 1 aromatic carbocycles. The molecule has 2 fully saturated rings. The van der Waals surface area contributed by atoms with Gasteiger partial charge in [-0.3, -0.25) is 4.79 Å². The van der Waals surface area contributed by atoms with Crippen LogP contribution in [0, 0.1) is 17.2 Å². The molecule has 0 spiro atoms. The van der Waals surface area contributed by atoms with Crippen molar-refractivity contribution in [3.8, 4) is 0 Å². The third kappa shape index (κ3) is 5.07. The van der Waals surface area contributed by atoms with Gasteiger partial charge in [0, 0.05) is 19.0 Å². The van der Waals surface area contributed by atoms with Crippen molar-refractivity contribution in [1.29, 1.82) is 0 Å². The number of piperidine rings is 1. The van der Waals surface area contributed by atoms with E-state index < -0.39 is 11.6 Å². The van der Waals surface area contributed by atoms with Crippen molar-refractivity contribution >= 4 is 5.91 Å². The molecule has 1 aromatic rings. The quantitative estimate of drug-likeness (QED) is 0.809. The van der Waals surface area contributed by atoms with Crippen LogP contribution in [0.1, 0.15) is 52.0 Å². The highest BCUT2D eigenvalue weighted by atomic mass is 19.1. The maximum atomic E-state index is 14.6. The average Bonchev–Trinajstić information content (AvgIpc) is 3.40. The Hall–Kier alpha value is -1.49. The van der Waals surface area contributed by atoms with Gasteiger partial charge in [0.05, 0.1) is 5.41 Å². The maximum Gasteiger partial charge on any atom is 0.230 e. The Bertz CT molecular complexity index is 667. The number of hydrogen-bond acceptors (Lipinski definition) is 2. The molecule has 3 nitrogen and oxygen atoms in total. The van der Waals surface area contributed by atoms with Crippen LogP contribution in [0.15, 0.2) is 24.3 Å². The highest BCUT2D eigenvalue weighted by molar-refractivity contribution is 5.91. The highest BCUT2D eigenvalue weighted by Crippen LogP contribution is 2.48. The number of amides is 1. The normalized spacial score (nSPS) is 25.2. The number of rotatable bonds is 6. The summed E-state index contributed by atoms with van der Waals surface area (Å²) >= 11 is 0. The monoisotopic (exact) mass is 378 g/mol. The first-order valence-corrected chi connectivity index (χ1v) is 10.1. The van der Waals surface area contributed by atoms with Gasteiger partial charge >= 0.3 is 0 Å². The van der Waals surface area contributed by atoms with E-state index in [0.29, 0.717) is 13.1 Å². The van der Waals surface area contributed by atoms with Crippen molar-refractivity contribution in [1.82, 2.24) is 10.2 Å². The number of alkyl halides is 1. The molecule has 0 radical (unpaired) electrons. The van der Waals surface area contributed by atoms with Gasteiger partial charge in [-0.05, 0) is 61.9 Å². The summed E-state index contributed by atoms with van der Waals surface area (Å²) in [4.78, 5) is 14.9. The van der Waals surface area contributed by atoms with Gasteiger partial charge in [-0.1, -0.05) is 32.9 Å². The van der Waals surface area contributed by atoms with E-state index in [-0.39, 0.29) is 23.1 Å². The van der Waals surface area contributed by atoms with Crippen LogP contribution < -0.4 is 5.32 Å². The third-order valence-corrected chi connectivity index (χ3v) is 6.02. The zero-order valence-corrected chi connectivity index (χ0v) is 16.7. The smallest absolute Gasteiger partial charge is 0.230 e. The number of hydrogen-bond donors (Lipinski definition) is 1. The molecule has 1 N–H and O–H groups in total. The topological polar surface area (TPSA) is 32.3 Å². The van der Waals surface area contributed by atoms with E-state index >= 15 is 0 Å². The van der Waals surface area contributed by atoms with Crippen LogP contribution in [0.2, 0.25) is 0 Å². The number of carbonyl (C=O) groups excluding carboxylic acids is 1. The predicted octanol–water partition coefficient (Wildman–Crippen LogP) is 4.07. The van der Waals surface area contributed by atoms with Crippen LogP contribution in [0.5, 0.6) is 0 Å². The number of nitrogens with one attached hydrogen (secondary N) is 1. The average molecular weight is 379 g/mol. The van der Waals surface area contributed by atoms with Crippen molar-refractivity contribution in [2.45, 2.75) is 58.0 Å².